The average molecular weight is 324 g/mol. The molecule has 124 valence electrons. The molecule has 2 heterocycles. The Morgan fingerprint density at radius 1 is 1.12 bits per heavy atom. The van der Waals surface area contributed by atoms with Crippen LogP contribution in [0.25, 0.3) is 0 Å². The number of nitrogens with two attached hydrogens (primary N) is 1. The van der Waals surface area contributed by atoms with Crippen LogP contribution in [0.2, 0.25) is 0 Å². The Bertz CT molecular complexity index is 705. The van der Waals surface area contributed by atoms with Gasteiger partial charge in [-0.1, -0.05) is 36.4 Å². The number of nitrogens with zero attached hydrogens (tertiary/aromatic N) is 2. The molecule has 1 fully saturated rings. The van der Waals surface area contributed by atoms with E-state index in [0.29, 0.717) is 18.8 Å². The third-order valence-corrected chi connectivity index (χ3v) is 4.24. The number of hydrogen-bond acceptors (Lipinski definition) is 4. The molecule has 1 aliphatic heterocycles. The van der Waals surface area contributed by atoms with E-state index in [1.54, 1.807) is 29.3 Å². The highest BCUT2D eigenvalue weighted by Gasteiger charge is 2.33. The van der Waals surface area contributed by atoms with E-state index in [0.717, 1.165) is 5.56 Å². The molecule has 2 atom stereocenters. The van der Waals surface area contributed by atoms with Crippen LogP contribution in [0, 0.1) is 0 Å². The Kier molecular flexibility index (Phi) is 4.86. The summed E-state index contributed by atoms with van der Waals surface area (Å²) in [6.07, 6.45) is 1.54. The van der Waals surface area contributed by atoms with Crippen LogP contribution in [0.1, 0.15) is 22.0 Å². The van der Waals surface area contributed by atoms with Crippen molar-refractivity contribution < 1.29 is 9.59 Å². The predicted octanol–water partition coefficient (Wildman–Crippen LogP) is 0.765. The van der Waals surface area contributed by atoms with Gasteiger partial charge in [-0.25, -0.2) is 0 Å². The van der Waals surface area contributed by atoms with Gasteiger partial charge in [0.25, 0.3) is 5.91 Å². The van der Waals surface area contributed by atoms with Crippen molar-refractivity contribution in [2.24, 2.45) is 5.73 Å². The third kappa shape index (κ3) is 3.60. The minimum Gasteiger partial charge on any atom is -0.342 e. The number of carbonyl (C=O) groups excluding carboxylic acids is 2. The zero-order valence-electron chi connectivity index (χ0n) is 13.3. The maximum Gasteiger partial charge on any atom is 0.270 e. The van der Waals surface area contributed by atoms with Crippen LogP contribution >= 0.6 is 0 Å². The second-order valence-corrected chi connectivity index (χ2v) is 5.88. The highest BCUT2D eigenvalue weighted by molar-refractivity contribution is 5.94. The lowest BCUT2D eigenvalue weighted by Crippen LogP contribution is -2.40. The standard InChI is InChI=1S/C18H20N4O2/c19-15-12-22(11-14(15)13-6-2-1-3-7-13)17(23)10-21-18(24)16-8-4-5-9-20-16/h1-9,14-15H,10-12,19H2,(H,21,24)/t14-,15+/m0/s1. The molecular weight excluding hydrogens is 304 g/mol. The number of amides is 2. The highest BCUT2D eigenvalue weighted by atomic mass is 16.2. The molecule has 6 heteroatoms. The molecule has 2 aromatic rings. The highest BCUT2D eigenvalue weighted by Crippen LogP contribution is 2.26. The van der Waals surface area contributed by atoms with Crippen molar-refractivity contribution in [3.8, 4) is 0 Å². The molecule has 1 saturated heterocycles. The van der Waals surface area contributed by atoms with Gasteiger partial charge in [0.05, 0.1) is 6.54 Å². The van der Waals surface area contributed by atoms with Gasteiger partial charge in [0.2, 0.25) is 5.91 Å². The van der Waals surface area contributed by atoms with Gasteiger partial charge in [-0.2, -0.15) is 0 Å². The number of nitrogens with one attached hydrogen (secondary N) is 1. The number of rotatable bonds is 4. The van der Waals surface area contributed by atoms with E-state index in [1.807, 2.05) is 30.3 Å². The van der Waals surface area contributed by atoms with Gasteiger partial charge >= 0.3 is 0 Å². The summed E-state index contributed by atoms with van der Waals surface area (Å²) < 4.78 is 0. The van der Waals surface area contributed by atoms with E-state index in [9.17, 15) is 9.59 Å². The Balaban J connectivity index is 1.56. The predicted molar refractivity (Wildman–Crippen MR) is 90.3 cm³/mol. The number of likely N-dealkylation sites (tertiary alicyclic amines) is 1. The van der Waals surface area contributed by atoms with Crippen LogP contribution in [0.4, 0.5) is 0 Å². The number of benzene rings is 1. The molecule has 0 bridgehead atoms. The summed E-state index contributed by atoms with van der Waals surface area (Å²) in [5.74, 6) is -0.359. The molecule has 0 unspecified atom stereocenters. The van der Waals surface area contributed by atoms with Crippen molar-refractivity contribution in [2.75, 3.05) is 19.6 Å². The van der Waals surface area contributed by atoms with E-state index in [-0.39, 0.29) is 30.3 Å². The first-order valence-electron chi connectivity index (χ1n) is 7.92. The van der Waals surface area contributed by atoms with E-state index in [2.05, 4.69) is 10.3 Å². The van der Waals surface area contributed by atoms with Crippen LogP contribution in [0.15, 0.2) is 54.7 Å². The molecule has 6 nitrogen and oxygen atoms in total. The van der Waals surface area contributed by atoms with E-state index < -0.39 is 0 Å². The van der Waals surface area contributed by atoms with Crippen molar-refractivity contribution in [3.05, 3.63) is 66.0 Å². The van der Waals surface area contributed by atoms with Gasteiger partial charge in [-0.05, 0) is 17.7 Å². The summed E-state index contributed by atoms with van der Waals surface area (Å²) in [6, 6.07) is 14.9. The van der Waals surface area contributed by atoms with E-state index >= 15 is 0 Å². The third-order valence-electron chi connectivity index (χ3n) is 4.24. The van der Waals surface area contributed by atoms with Crippen LogP contribution in [-0.2, 0) is 4.79 Å². The van der Waals surface area contributed by atoms with Crippen LogP contribution in [0.3, 0.4) is 0 Å². The second-order valence-electron chi connectivity index (χ2n) is 5.88. The fourth-order valence-electron chi connectivity index (χ4n) is 2.94. The van der Waals surface area contributed by atoms with E-state index in [4.69, 9.17) is 5.73 Å². The molecule has 1 aromatic carbocycles. The van der Waals surface area contributed by atoms with Crippen molar-refractivity contribution in [2.45, 2.75) is 12.0 Å². The van der Waals surface area contributed by atoms with Gasteiger partial charge in [-0.15, -0.1) is 0 Å². The van der Waals surface area contributed by atoms with Crippen molar-refractivity contribution in [1.29, 1.82) is 0 Å². The molecule has 0 spiro atoms. The minimum atomic E-state index is -0.355. The zero-order chi connectivity index (χ0) is 16.9. The monoisotopic (exact) mass is 324 g/mol. The molecule has 1 aromatic heterocycles. The Hall–Kier alpha value is -2.73. The molecule has 0 saturated carbocycles. The van der Waals surface area contributed by atoms with Crippen molar-refractivity contribution >= 4 is 11.8 Å². The Morgan fingerprint density at radius 2 is 1.88 bits per heavy atom. The number of aromatic nitrogens is 1. The fraction of sp³-hybridized carbons (Fsp3) is 0.278. The molecule has 2 amide bonds. The summed E-state index contributed by atoms with van der Waals surface area (Å²) in [7, 11) is 0. The lowest BCUT2D eigenvalue weighted by atomic mass is 9.95. The van der Waals surface area contributed by atoms with Gasteiger partial charge in [0, 0.05) is 31.2 Å². The smallest absolute Gasteiger partial charge is 0.270 e. The Labute approximate surface area is 140 Å². The first kappa shape index (κ1) is 16.1. The first-order valence-corrected chi connectivity index (χ1v) is 7.92. The summed E-state index contributed by atoms with van der Waals surface area (Å²) in [5, 5.41) is 2.61. The quantitative estimate of drug-likeness (QED) is 0.869. The van der Waals surface area contributed by atoms with Gasteiger partial charge in [0.1, 0.15) is 5.69 Å². The number of carbonyl (C=O) groups is 2. The lowest BCUT2D eigenvalue weighted by Gasteiger charge is -2.16. The van der Waals surface area contributed by atoms with Gasteiger partial charge < -0.3 is 16.0 Å². The Morgan fingerprint density at radius 3 is 2.58 bits per heavy atom. The summed E-state index contributed by atoms with van der Waals surface area (Å²) >= 11 is 0. The summed E-state index contributed by atoms with van der Waals surface area (Å²) in [6.45, 7) is 1.02. The van der Waals surface area contributed by atoms with Crippen LogP contribution < -0.4 is 11.1 Å². The largest absolute Gasteiger partial charge is 0.342 e. The summed E-state index contributed by atoms with van der Waals surface area (Å²) in [5.41, 5.74) is 7.63. The minimum absolute atomic E-state index is 0.0519. The van der Waals surface area contributed by atoms with Crippen LogP contribution in [-0.4, -0.2) is 47.4 Å². The second kappa shape index (κ2) is 7.23. The SMILES string of the molecule is N[C@@H]1CN(C(=O)CNC(=O)c2ccccn2)C[C@H]1c1ccccc1. The van der Waals surface area contributed by atoms with Crippen molar-refractivity contribution in [3.63, 3.8) is 0 Å². The maximum absolute atomic E-state index is 12.3. The number of hydrogen-bond donors (Lipinski definition) is 2. The molecule has 0 aliphatic carbocycles. The molecule has 0 radical (unpaired) electrons. The summed E-state index contributed by atoms with van der Waals surface area (Å²) in [4.78, 5) is 30.0. The zero-order valence-corrected chi connectivity index (χ0v) is 13.3. The molecule has 3 rings (SSSR count). The van der Waals surface area contributed by atoms with Crippen LogP contribution in [0.5, 0.6) is 0 Å². The van der Waals surface area contributed by atoms with Gasteiger partial charge in [-0.3, -0.25) is 14.6 Å². The molecule has 1 aliphatic rings. The maximum atomic E-state index is 12.3. The number of pyridine rings is 1. The average Bonchev–Trinajstić information content (AvgIpc) is 3.02. The topological polar surface area (TPSA) is 88.3 Å². The normalized spacial score (nSPS) is 20.0. The van der Waals surface area contributed by atoms with Gasteiger partial charge in [0.15, 0.2) is 0 Å². The molecule has 3 N–H and O–H groups in total. The van der Waals surface area contributed by atoms with E-state index in [1.165, 1.54) is 0 Å². The molecular formula is C18H20N4O2. The molecule has 24 heavy (non-hydrogen) atoms. The fourth-order valence-corrected chi connectivity index (χ4v) is 2.94. The lowest BCUT2D eigenvalue weighted by molar-refractivity contribution is -0.129. The first-order chi connectivity index (χ1) is 11.6. The van der Waals surface area contributed by atoms with Crippen molar-refractivity contribution in [1.82, 2.24) is 15.2 Å².